The maximum atomic E-state index is 13.0. The molecule has 8 heteroatoms. The number of nitrogens with zero attached hydrogens (tertiary/aromatic N) is 2. The predicted octanol–water partition coefficient (Wildman–Crippen LogP) is 5.36. The second-order valence-electron chi connectivity index (χ2n) is 9.53. The van der Waals surface area contributed by atoms with Crippen molar-refractivity contribution in [2.24, 2.45) is 0 Å². The van der Waals surface area contributed by atoms with Crippen molar-refractivity contribution in [3.63, 3.8) is 0 Å². The molecule has 2 N–H and O–H groups in total. The molecule has 0 atom stereocenters. The molecule has 0 unspecified atom stereocenters. The van der Waals surface area contributed by atoms with Gasteiger partial charge in [0.25, 0.3) is 0 Å². The minimum absolute atomic E-state index is 0.311. The summed E-state index contributed by atoms with van der Waals surface area (Å²) in [5.41, 5.74) is 9.75. The maximum absolute atomic E-state index is 13.0. The number of nitrogens with one attached hydrogen (secondary N) is 2. The van der Waals surface area contributed by atoms with Crippen LogP contribution in [-0.2, 0) is 48.0 Å². The first-order valence-corrected chi connectivity index (χ1v) is 13.5. The molecule has 0 amide bonds. The molecular weight excluding hydrogens is 480 g/mol. The third kappa shape index (κ3) is 4.83. The number of aryl methyl sites for hydroxylation is 6. The lowest BCUT2D eigenvalue weighted by Crippen LogP contribution is -2.06. The molecule has 3 aromatic heterocycles. The van der Waals surface area contributed by atoms with Crippen LogP contribution in [-0.4, -0.2) is 45.1 Å². The first kappa shape index (κ1) is 25.7. The van der Waals surface area contributed by atoms with E-state index in [-0.39, 0.29) is 11.9 Å². The van der Waals surface area contributed by atoms with Crippen LogP contribution < -0.4 is 0 Å². The van der Waals surface area contributed by atoms with Crippen LogP contribution in [0.15, 0.2) is 24.3 Å². The fourth-order valence-corrected chi connectivity index (χ4v) is 5.42. The largest absolute Gasteiger partial charge is 0.462 e. The van der Waals surface area contributed by atoms with E-state index in [4.69, 9.17) is 19.4 Å². The molecule has 0 saturated heterocycles. The second kappa shape index (κ2) is 10.8. The Kier molecular flexibility index (Phi) is 7.31. The molecule has 8 nitrogen and oxygen atoms in total. The number of esters is 2. The minimum atomic E-state index is -0.328. The van der Waals surface area contributed by atoms with Gasteiger partial charge in [-0.2, -0.15) is 0 Å². The van der Waals surface area contributed by atoms with Gasteiger partial charge in [0.2, 0.25) is 0 Å². The lowest BCUT2D eigenvalue weighted by atomic mass is 10.1. The van der Waals surface area contributed by atoms with E-state index in [1.54, 1.807) is 0 Å². The molecule has 8 bridgehead atoms. The molecule has 0 aromatic carbocycles. The van der Waals surface area contributed by atoms with Gasteiger partial charge >= 0.3 is 11.9 Å². The topological polar surface area (TPSA) is 110 Å². The molecule has 0 fully saturated rings. The molecule has 5 heterocycles. The Balaban J connectivity index is 1.86. The summed E-state index contributed by atoms with van der Waals surface area (Å²) in [5, 5.41) is 0. The molecule has 0 aliphatic carbocycles. The standard InChI is InChI=1S/C30H34N4O4/c1-5-21-23-13-17-9-11-20(31-17)16-26-28(30(36)38-8-4)22(6-2)24(34-26)14-18-10-12-19(32-18)15-25(33-23)27(21)29(35)37-7-3/h13-16,33-34H,5-12H2,1-4H3. The van der Waals surface area contributed by atoms with Gasteiger partial charge in [0.15, 0.2) is 0 Å². The number of carbonyl (C=O) groups is 2. The monoisotopic (exact) mass is 514 g/mol. The zero-order valence-electron chi connectivity index (χ0n) is 22.5. The Morgan fingerprint density at radius 3 is 1.29 bits per heavy atom. The number of aromatic amines is 2. The van der Waals surface area contributed by atoms with E-state index in [1.807, 2.05) is 52.0 Å². The lowest BCUT2D eigenvalue weighted by Gasteiger charge is -2.03. The highest BCUT2D eigenvalue weighted by Gasteiger charge is 2.22. The summed E-state index contributed by atoms with van der Waals surface area (Å²) in [4.78, 5) is 42.7. The summed E-state index contributed by atoms with van der Waals surface area (Å²) in [6, 6.07) is 7.97. The number of hydrogen-bond acceptors (Lipinski definition) is 6. The van der Waals surface area contributed by atoms with Gasteiger partial charge in [0.05, 0.1) is 35.4 Å². The summed E-state index contributed by atoms with van der Waals surface area (Å²) in [6.07, 6.45) is 4.38. The van der Waals surface area contributed by atoms with E-state index in [2.05, 4.69) is 9.97 Å². The normalized spacial score (nSPS) is 12.9. The predicted molar refractivity (Wildman–Crippen MR) is 146 cm³/mol. The van der Waals surface area contributed by atoms with Crippen LogP contribution in [0.4, 0.5) is 0 Å². The van der Waals surface area contributed by atoms with Gasteiger partial charge in [0.1, 0.15) is 0 Å². The van der Waals surface area contributed by atoms with Crippen LogP contribution in [0, 0.1) is 0 Å². The van der Waals surface area contributed by atoms with E-state index in [9.17, 15) is 9.59 Å². The Morgan fingerprint density at radius 1 is 0.632 bits per heavy atom. The Hall–Kier alpha value is -3.94. The molecule has 0 spiro atoms. The number of ether oxygens (including phenoxy) is 2. The van der Waals surface area contributed by atoms with E-state index < -0.39 is 0 Å². The zero-order valence-corrected chi connectivity index (χ0v) is 22.5. The number of H-pyrrole nitrogens is 2. The summed E-state index contributed by atoms with van der Waals surface area (Å²) >= 11 is 0. The van der Waals surface area contributed by atoms with Crippen molar-refractivity contribution in [3.05, 3.63) is 69.3 Å². The highest BCUT2D eigenvalue weighted by atomic mass is 16.5. The van der Waals surface area contributed by atoms with E-state index in [0.717, 1.165) is 70.6 Å². The van der Waals surface area contributed by atoms with Crippen molar-refractivity contribution in [1.29, 1.82) is 0 Å². The smallest absolute Gasteiger partial charge is 0.340 e. The van der Waals surface area contributed by atoms with Crippen LogP contribution >= 0.6 is 0 Å². The van der Waals surface area contributed by atoms with Crippen molar-refractivity contribution in [1.82, 2.24) is 19.9 Å². The summed E-state index contributed by atoms with van der Waals surface area (Å²) < 4.78 is 10.8. The molecule has 5 rings (SSSR count). The number of aromatic nitrogens is 4. The maximum Gasteiger partial charge on any atom is 0.340 e. The number of hydrogen-bond donors (Lipinski definition) is 2. The van der Waals surface area contributed by atoms with Gasteiger partial charge < -0.3 is 19.4 Å². The van der Waals surface area contributed by atoms with Crippen molar-refractivity contribution < 1.29 is 19.1 Å². The summed E-state index contributed by atoms with van der Waals surface area (Å²) in [7, 11) is 0. The molecule has 3 aromatic rings. The van der Waals surface area contributed by atoms with E-state index in [1.165, 1.54) is 0 Å². The van der Waals surface area contributed by atoms with Gasteiger partial charge in [-0.15, -0.1) is 0 Å². The molecule has 198 valence electrons. The molecule has 0 saturated carbocycles. The van der Waals surface area contributed by atoms with Gasteiger partial charge in [-0.25, -0.2) is 9.59 Å². The van der Waals surface area contributed by atoms with Crippen LogP contribution in [0.25, 0.3) is 22.1 Å². The van der Waals surface area contributed by atoms with Crippen LogP contribution in [0.5, 0.6) is 0 Å². The third-order valence-electron chi connectivity index (χ3n) is 7.09. The number of carbonyl (C=O) groups excluding carboxylic acids is 2. The third-order valence-corrected chi connectivity index (χ3v) is 7.09. The Bertz CT molecular complexity index is 1450. The average Bonchev–Trinajstić information content (AvgIpc) is 3.66. The second-order valence-corrected chi connectivity index (χ2v) is 9.53. The Labute approximate surface area is 221 Å². The average molecular weight is 515 g/mol. The number of fused-ring (bicyclic) bond motifs is 8. The first-order valence-electron chi connectivity index (χ1n) is 13.5. The van der Waals surface area contributed by atoms with Crippen molar-refractivity contribution in [2.45, 2.75) is 66.2 Å². The highest BCUT2D eigenvalue weighted by molar-refractivity contribution is 6.02. The van der Waals surface area contributed by atoms with Crippen molar-refractivity contribution in [3.8, 4) is 0 Å². The molecular formula is C30H34N4O4. The van der Waals surface area contributed by atoms with Gasteiger partial charge in [-0.3, -0.25) is 9.97 Å². The Morgan fingerprint density at radius 2 is 0.974 bits per heavy atom. The summed E-state index contributed by atoms with van der Waals surface area (Å²) in [6.45, 7) is 8.33. The quantitative estimate of drug-likeness (QED) is 0.429. The molecule has 2 aliphatic rings. The van der Waals surface area contributed by atoms with Gasteiger partial charge in [0, 0.05) is 33.8 Å². The minimum Gasteiger partial charge on any atom is -0.462 e. The first-order chi connectivity index (χ1) is 18.4. The highest BCUT2D eigenvalue weighted by Crippen LogP contribution is 2.27. The fourth-order valence-electron chi connectivity index (χ4n) is 5.42. The lowest BCUT2D eigenvalue weighted by molar-refractivity contribution is 0.0518. The molecule has 2 aliphatic heterocycles. The van der Waals surface area contributed by atoms with E-state index in [0.29, 0.717) is 48.2 Å². The van der Waals surface area contributed by atoms with Crippen molar-refractivity contribution >= 4 is 34.0 Å². The van der Waals surface area contributed by atoms with E-state index >= 15 is 0 Å². The van der Waals surface area contributed by atoms with Gasteiger partial charge in [-0.1, -0.05) is 13.8 Å². The summed E-state index contributed by atoms with van der Waals surface area (Å²) in [5.74, 6) is -0.657. The number of rotatable bonds is 6. The van der Waals surface area contributed by atoms with Crippen molar-refractivity contribution in [2.75, 3.05) is 13.2 Å². The SMILES string of the molecule is CCOC(=O)c1c(CC)c2cc3nc(cc4[nH]c(cc5nc(cc1[nH]2)CC5)c(CC)c4C(=O)OCC)CC3. The molecule has 38 heavy (non-hydrogen) atoms. The van der Waals surface area contributed by atoms with Gasteiger partial charge in [-0.05, 0) is 87.8 Å². The zero-order chi connectivity index (χ0) is 26.8. The molecule has 0 radical (unpaired) electrons. The van der Waals surface area contributed by atoms with Crippen LogP contribution in [0.1, 0.15) is 82.3 Å². The van der Waals surface area contributed by atoms with Crippen LogP contribution in [0.2, 0.25) is 0 Å². The van der Waals surface area contributed by atoms with Crippen LogP contribution in [0.3, 0.4) is 0 Å². The fraction of sp³-hybridized carbons (Fsp3) is 0.400.